The van der Waals surface area contributed by atoms with Gasteiger partial charge >= 0.3 is 0 Å². The number of anilines is 1. The highest BCUT2D eigenvalue weighted by molar-refractivity contribution is 6.18. The van der Waals surface area contributed by atoms with Crippen LogP contribution in [0, 0.1) is 11.6 Å². The van der Waals surface area contributed by atoms with E-state index in [4.69, 9.17) is 16.3 Å². The fraction of sp³-hybridized carbons (Fsp3) is 0.455. The summed E-state index contributed by atoms with van der Waals surface area (Å²) >= 11 is 5.38. The van der Waals surface area contributed by atoms with Crippen molar-refractivity contribution < 1.29 is 18.6 Å². The van der Waals surface area contributed by atoms with Gasteiger partial charge in [-0.1, -0.05) is 0 Å². The number of hydrogen-bond acceptors (Lipinski definition) is 3. The normalized spacial score (nSPS) is 12.3. The Hall–Kier alpha value is -1.07. The molecular formula is C11H14ClF2NO2. The van der Waals surface area contributed by atoms with Crippen LogP contribution >= 0.6 is 11.6 Å². The summed E-state index contributed by atoms with van der Waals surface area (Å²) in [4.78, 5) is 0. The first-order valence-electron chi connectivity index (χ1n) is 5.18. The summed E-state index contributed by atoms with van der Waals surface area (Å²) in [5, 5.41) is 11.7. The van der Waals surface area contributed by atoms with Crippen molar-refractivity contribution >= 4 is 17.3 Å². The summed E-state index contributed by atoms with van der Waals surface area (Å²) < 4.78 is 32.1. The van der Waals surface area contributed by atoms with Crippen LogP contribution in [-0.2, 0) is 0 Å². The molecule has 0 saturated heterocycles. The lowest BCUT2D eigenvalue weighted by atomic mass is 10.2. The Kier molecular flexibility index (Phi) is 5.44. The summed E-state index contributed by atoms with van der Waals surface area (Å²) in [6.07, 6.45) is -0.869. The zero-order chi connectivity index (χ0) is 12.8. The number of aliphatic hydroxyl groups excluding tert-OH is 1. The maximum Gasteiger partial charge on any atom is 0.191 e. The lowest BCUT2D eigenvalue weighted by molar-refractivity contribution is 0.211. The first kappa shape index (κ1) is 14.0. The Morgan fingerprint density at radius 1 is 1.47 bits per heavy atom. The van der Waals surface area contributed by atoms with Crippen LogP contribution in [0.3, 0.4) is 0 Å². The van der Waals surface area contributed by atoms with E-state index in [2.05, 4.69) is 5.32 Å². The number of alkyl halides is 1. The Bertz CT molecular complexity index is 377. The highest BCUT2D eigenvalue weighted by atomic mass is 35.5. The maximum atomic E-state index is 13.7. The SMILES string of the molecule is CCOc1ccc(F)c(NCC(O)CCl)c1F. The van der Waals surface area contributed by atoms with Gasteiger partial charge in [-0.05, 0) is 19.1 Å². The van der Waals surface area contributed by atoms with Crippen LogP contribution < -0.4 is 10.1 Å². The average Bonchev–Trinajstić information content (AvgIpc) is 2.32. The first-order valence-corrected chi connectivity index (χ1v) is 5.72. The van der Waals surface area contributed by atoms with E-state index >= 15 is 0 Å². The van der Waals surface area contributed by atoms with Gasteiger partial charge in [-0.3, -0.25) is 0 Å². The molecule has 0 fully saturated rings. The third-order valence-electron chi connectivity index (χ3n) is 2.05. The van der Waals surface area contributed by atoms with Crippen molar-refractivity contribution in [3.8, 4) is 5.75 Å². The minimum absolute atomic E-state index is 0.0125. The van der Waals surface area contributed by atoms with Crippen LogP contribution in [0.15, 0.2) is 12.1 Å². The molecule has 0 aliphatic rings. The van der Waals surface area contributed by atoms with E-state index in [1.54, 1.807) is 6.92 Å². The van der Waals surface area contributed by atoms with Gasteiger partial charge in [-0.2, -0.15) is 0 Å². The lowest BCUT2D eigenvalue weighted by Crippen LogP contribution is -2.22. The predicted octanol–water partition coefficient (Wildman–Crippen LogP) is 2.38. The molecule has 1 aromatic rings. The number of nitrogens with one attached hydrogen (secondary N) is 1. The van der Waals surface area contributed by atoms with Crippen molar-refractivity contribution in [3.05, 3.63) is 23.8 Å². The molecule has 1 rings (SSSR count). The van der Waals surface area contributed by atoms with Crippen molar-refractivity contribution in [1.82, 2.24) is 0 Å². The minimum Gasteiger partial charge on any atom is -0.491 e. The van der Waals surface area contributed by atoms with Crippen molar-refractivity contribution in [2.45, 2.75) is 13.0 Å². The third kappa shape index (κ3) is 3.71. The number of ether oxygens (including phenoxy) is 1. The van der Waals surface area contributed by atoms with Crippen LogP contribution in [0.1, 0.15) is 6.92 Å². The molecule has 2 N–H and O–H groups in total. The second-order valence-corrected chi connectivity index (χ2v) is 3.67. The molecule has 0 aromatic heterocycles. The zero-order valence-electron chi connectivity index (χ0n) is 9.34. The topological polar surface area (TPSA) is 41.5 Å². The predicted molar refractivity (Wildman–Crippen MR) is 62.7 cm³/mol. The van der Waals surface area contributed by atoms with Gasteiger partial charge in [0, 0.05) is 6.54 Å². The van der Waals surface area contributed by atoms with Gasteiger partial charge in [-0.25, -0.2) is 8.78 Å². The van der Waals surface area contributed by atoms with Crippen molar-refractivity contribution in [1.29, 1.82) is 0 Å². The molecule has 0 saturated carbocycles. The van der Waals surface area contributed by atoms with E-state index in [-0.39, 0.29) is 30.5 Å². The molecule has 0 bridgehead atoms. The molecule has 1 aromatic carbocycles. The molecule has 0 amide bonds. The number of halogens is 3. The van der Waals surface area contributed by atoms with E-state index in [9.17, 15) is 13.9 Å². The van der Waals surface area contributed by atoms with Gasteiger partial charge in [0.25, 0.3) is 0 Å². The lowest BCUT2D eigenvalue weighted by Gasteiger charge is -2.13. The van der Waals surface area contributed by atoms with E-state index < -0.39 is 17.7 Å². The summed E-state index contributed by atoms with van der Waals surface area (Å²) in [5.74, 6) is -1.60. The van der Waals surface area contributed by atoms with E-state index in [1.807, 2.05) is 0 Å². The maximum absolute atomic E-state index is 13.7. The summed E-state index contributed by atoms with van der Waals surface area (Å²) in [6.45, 7) is 1.95. The van der Waals surface area contributed by atoms with Crippen LogP contribution in [0.5, 0.6) is 5.75 Å². The van der Waals surface area contributed by atoms with E-state index in [0.717, 1.165) is 6.07 Å². The summed E-state index contributed by atoms with van der Waals surface area (Å²) in [7, 11) is 0. The Morgan fingerprint density at radius 3 is 2.76 bits per heavy atom. The molecule has 17 heavy (non-hydrogen) atoms. The molecule has 1 atom stereocenters. The molecule has 0 aliphatic heterocycles. The smallest absolute Gasteiger partial charge is 0.191 e. The van der Waals surface area contributed by atoms with Gasteiger partial charge in [-0.15, -0.1) is 11.6 Å². The fourth-order valence-corrected chi connectivity index (χ4v) is 1.35. The molecule has 96 valence electrons. The molecule has 0 aliphatic carbocycles. The van der Waals surface area contributed by atoms with E-state index in [0.29, 0.717) is 0 Å². The van der Waals surface area contributed by atoms with Gasteiger partial charge in [0.15, 0.2) is 11.6 Å². The Balaban J connectivity index is 2.85. The monoisotopic (exact) mass is 265 g/mol. The summed E-state index contributed by atoms with van der Waals surface area (Å²) in [5.41, 5.74) is -0.319. The average molecular weight is 266 g/mol. The zero-order valence-corrected chi connectivity index (χ0v) is 10.1. The first-order chi connectivity index (χ1) is 8.10. The molecule has 1 unspecified atom stereocenters. The van der Waals surface area contributed by atoms with Crippen molar-refractivity contribution in [3.63, 3.8) is 0 Å². The Morgan fingerprint density at radius 2 is 2.18 bits per heavy atom. The minimum atomic E-state index is -0.869. The molecule has 3 nitrogen and oxygen atoms in total. The molecule has 6 heteroatoms. The number of aliphatic hydroxyl groups is 1. The van der Waals surface area contributed by atoms with Crippen LogP contribution in [0.25, 0.3) is 0 Å². The standard InChI is InChI=1S/C11H14ClF2NO2/c1-2-17-9-4-3-8(13)11(10(9)14)15-6-7(16)5-12/h3-4,7,15-16H,2,5-6H2,1H3. The Labute approximate surface area is 103 Å². The third-order valence-corrected chi connectivity index (χ3v) is 2.40. The van der Waals surface area contributed by atoms with Crippen LogP contribution in [0.4, 0.5) is 14.5 Å². The van der Waals surface area contributed by atoms with Crippen LogP contribution in [0.2, 0.25) is 0 Å². The quantitative estimate of drug-likeness (QED) is 0.776. The molecule has 0 radical (unpaired) electrons. The van der Waals surface area contributed by atoms with E-state index in [1.165, 1.54) is 6.07 Å². The largest absolute Gasteiger partial charge is 0.491 e. The molecule has 0 spiro atoms. The van der Waals surface area contributed by atoms with Gasteiger partial charge < -0.3 is 15.2 Å². The second-order valence-electron chi connectivity index (χ2n) is 3.36. The van der Waals surface area contributed by atoms with Crippen LogP contribution in [-0.4, -0.2) is 30.2 Å². The van der Waals surface area contributed by atoms with Gasteiger partial charge in [0.05, 0.1) is 18.6 Å². The fourth-order valence-electron chi connectivity index (χ4n) is 1.24. The number of hydrogen-bond donors (Lipinski definition) is 2. The molecular weight excluding hydrogens is 252 g/mol. The number of benzene rings is 1. The van der Waals surface area contributed by atoms with Gasteiger partial charge in [0.2, 0.25) is 0 Å². The highest BCUT2D eigenvalue weighted by Gasteiger charge is 2.15. The highest BCUT2D eigenvalue weighted by Crippen LogP contribution is 2.27. The van der Waals surface area contributed by atoms with Crippen molar-refractivity contribution in [2.75, 3.05) is 24.3 Å². The second kappa shape index (κ2) is 6.61. The molecule has 0 heterocycles. The summed E-state index contributed by atoms with van der Waals surface area (Å²) in [6, 6.07) is 2.32. The number of rotatable bonds is 6. The van der Waals surface area contributed by atoms with Crippen molar-refractivity contribution in [2.24, 2.45) is 0 Å². The van der Waals surface area contributed by atoms with Gasteiger partial charge in [0.1, 0.15) is 11.5 Å².